The van der Waals surface area contributed by atoms with E-state index in [9.17, 15) is 9.59 Å². The van der Waals surface area contributed by atoms with Crippen molar-refractivity contribution in [2.24, 2.45) is 5.92 Å². The minimum absolute atomic E-state index is 0.00625. The molecule has 1 aromatic carbocycles. The highest BCUT2D eigenvalue weighted by atomic mass is 16.5. The molecule has 0 bridgehead atoms. The molecule has 2 atom stereocenters. The van der Waals surface area contributed by atoms with Crippen molar-refractivity contribution in [2.45, 2.75) is 25.9 Å². The van der Waals surface area contributed by atoms with Gasteiger partial charge in [0.25, 0.3) is 0 Å². The van der Waals surface area contributed by atoms with Crippen molar-refractivity contribution in [3.05, 3.63) is 29.8 Å². The van der Waals surface area contributed by atoms with Crippen molar-refractivity contribution in [2.75, 3.05) is 19.8 Å². The molecule has 0 heterocycles. The Hall–Kier alpha value is -2.08. The molecule has 6 heteroatoms. The number of nitrogens with one attached hydrogen (secondary N) is 1. The lowest BCUT2D eigenvalue weighted by atomic mass is 10.1. The third kappa shape index (κ3) is 5.04. The normalized spacial score (nSPS) is 19.5. The van der Waals surface area contributed by atoms with Gasteiger partial charge in [-0.2, -0.15) is 0 Å². The summed E-state index contributed by atoms with van der Waals surface area (Å²) in [4.78, 5) is 22.2. The van der Waals surface area contributed by atoms with E-state index in [0.717, 1.165) is 18.4 Å². The maximum absolute atomic E-state index is 11.8. The fourth-order valence-corrected chi connectivity index (χ4v) is 2.20. The summed E-state index contributed by atoms with van der Waals surface area (Å²) in [5.41, 5.74) is 1.06. The van der Waals surface area contributed by atoms with Crippen LogP contribution in [0, 0.1) is 5.92 Å². The number of hydrogen-bond donors (Lipinski definition) is 2. The number of benzene rings is 1. The van der Waals surface area contributed by atoms with Gasteiger partial charge in [-0.25, -0.2) is 4.79 Å². The summed E-state index contributed by atoms with van der Waals surface area (Å²) in [6.07, 6.45) is 1.63. The van der Waals surface area contributed by atoms with Crippen LogP contribution in [0.15, 0.2) is 24.3 Å². The SMILES string of the molecule is CCO[C@@H]1C[C@H]1C(=O)NCCc1ccc(OCC(=O)O)cc1. The molecule has 120 valence electrons. The Labute approximate surface area is 129 Å². The van der Waals surface area contributed by atoms with Gasteiger partial charge in [-0.05, 0) is 37.5 Å². The first kappa shape index (κ1) is 16.3. The lowest BCUT2D eigenvalue weighted by Crippen LogP contribution is -2.28. The third-order valence-electron chi connectivity index (χ3n) is 3.45. The minimum atomic E-state index is -1.00. The number of carbonyl (C=O) groups is 2. The number of carboxylic acids is 1. The maximum Gasteiger partial charge on any atom is 0.341 e. The molecule has 0 unspecified atom stereocenters. The molecule has 0 aliphatic heterocycles. The fourth-order valence-electron chi connectivity index (χ4n) is 2.20. The Bertz CT molecular complexity index is 514. The Balaban J connectivity index is 1.67. The van der Waals surface area contributed by atoms with E-state index in [2.05, 4.69) is 5.32 Å². The van der Waals surface area contributed by atoms with Crippen LogP contribution >= 0.6 is 0 Å². The number of hydrogen-bond acceptors (Lipinski definition) is 4. The van der Waals surface area contributed by atoms with E-state index < -0.39 is 5.97 Å². The molecule has 1 amide bonds. The number of carbonyl (C=O) groups excluding carboxylic acids is 1. The molecule has 1 saturated carbocycles. The lowest BCUT2D eigenvalue weighted by Gasteiger charge is -2.07. The Kier molecular flexibility index (Phi) is 5.77. The molecule has 2 N–H and O–H groups in total. The van der Waals surface area contributed by atoms with Crippen LogP contribution in [0.1, 0.15) is 18.9 Å². The largest absolute Gasteiger partial charge is 0.482 e. The van der Waals surface area contributed by atoms with E-state index >= 15 is 0 Å². The molecule has 0 radical (unpaired) electrons. The van der Waals surface area contributed by atoms with Crippen molar-refractivity contribution >= 4 is 11.9 Å². The van der Waals surface area contributed by atoms with Crippen molar-refractivity contribution in [1.82, 2.24) is 5.32 Å². The van der Waals surface area contributed by atoms with E-state index in [1.54, 1.807) is 12.1 Å². The molecule has 1 aliphatic rings. The van der Waals surface area contributed by atoms with Crippen molar-refractivity contribution in [1.29, 1.82) is 0 Å². The highest BCUT2D eigenvalue weighted by Gasteiger charge is 2.43. The second-order valence-corrected chi connectivity index (χ2v) is 5.20. The summed E-state index contributed by atoms with van der Waals surface area (Å²) in [6, 6.07) is 7.19. The van der Waals surface area contributed by atoms with Gasteiger partial charge in [-0.3, -0.25) is 4.79 Å². The molecule has 1 fully saturated rings. The van der Waals surface area contributed by atoms with Crippen LogP contribution < -0.4 is 10.1 Å². The molecule has 22 heavy (non-hydrogen) atoms. The summed E-state index contributed by atoms with van der Waals surface area (Å²) >= 11 is 0. The van der Waals surface area contributed by atoms with Crippen LogP contribution in [0.25, 0.3) is 0 Å². The molecule has 0 spiro atoms. The average molecular weight is 307 g/mol. The van der Waals surface area contributed by atoms with E-state index in [-0.39, 0.29) is 24.5 Å². The smallest absolute Gasteiger partial charge is 0.341 e. The molecular formula is C16H21NO5. The highest BCUT2D eigenvalue weighted by molar-refractivity contribution is 5.82. The average Bonchev–Trinajstić information content (AvgIpc) is 3.26. The summed E-state index contributed by atoms with van der Waals surface area (Å²) in [5.74, 6) is -0.420. The highest BCUT2D eigenvalue weighted by Crippen LogP contribution is 2.33. The summed E-state index contributed by atoms with van der Waals surface area (Å²) in [5, 5.41) is 11.4. The van der Waals surface area contributed by atoms with E-state index in [0.29, 0.717) is 18.9 Å². The van der Waals surface area contributed by atoms with Gasteiger partial charge in [0.2, 0.25) is 5.91 Å². The molecule has 0 saturated heterocycles. The Morgan fingerprint density at radius 3 is 2.68 bits per heavy atom. The zero-order valence-corrected chi connectivity index (χ0v) is 12.6. The number of carboxylic acid groups (broad SMARTS) is 1. The van der Waals surface area contributed by atoms with Gasteiger partial charge >= 0.3 is 5.97 Å². The van der Waals surface area contributed by atoms with Crippen molar-refractivity contribution in [3.8, 4) is 5.75 Å². The number of aliphatic carboxylic acids is 1. The van der Waals surface area contributed by atoms with Crippen LogP contribution in [-0.2, 0) is 20.7 Å². The van der Waals surface area contributed by atoms with Gasteiger partial charge < -0.3 is 19.9 Å². The van der Waals surface area contributed by atoms with Gasteiger partial charge in [-0.15, -0.1) is 0 Å². The molecule has 1 aliphatic carbocycles. The summed E-state index contributed by atoms with van der Waals surface area (Å²) in [6.45, 7) is 2.79. The zero-order valence-electron chi connectivity index (χ0n) is 12.6. The fraction of sp³-hybridized carbons (Fsp3) is 0.500. The van der Waals surface area contributed by atoms with E-state index in [1.165, 1.54) is 0 Å². The van der Waals surface area contributed by atoms with Crippen molar-refractivity contribution < 1.29 is 24.2 Å². The first-order valence-corrected chi connectivity index (χ1v) is 7.43. The standard InChI is InChI=1S/C16H21NO5/c1-2-21-14-9-13(14)16(20)17-8-7-11-3-5-12(6-4-11)22-10-15(18)19/h3-6,13-14H,2,7-10H2,1H3,(H,17,20)(H,18,19)/t13-,14-/m1/s1. The van der Waals surface area contributed by atoms with Gasteiger partial charge in [0.1, 0.15) is 5.75 Å². The monoisotopic (exact) mass is 307 g/mol. The van der Waals surface area contributed by atoms with Gasteiger partial charge in [0.15, 0.2) is 6.61 Å². The van der Waals surface area contributed by atoms with E-state index in [1.807, 2.05) is 19.1 Å². The van der Waals surface area contributed by atoms with E-state index in [4.69, 9.17) is 14.6 Å². The predicted octanol–water partition coefficient (Wildman–Crippen LogP) is 1.23. The van der Waals surface area contributed by atoms with Gasteiger partial charge in [0.05, 0.1) is 12.0 Å². The maximum atomic E-state index is 11.8. The second-order valence-electron chi connectivity index (χ2n) is 5.20. The molecule has 0 aromatic heterocycles. The minimum Gasteiger partial charge on any atom is -0.482 e. The Morgan fingerprint density at radius 1 is 1.32 bits per heavy atom. The van der Waals surface area contributed by atoms with Crippen LogP contribution in [0.2, 0.25) is 0 Å². The Morgan fingerprint density at radius 2 is 2.05 bits per heavy atom. The topological polar surface area (TPSA) is 84.9 Å². The van der Waals surface area contributed by atoms with Gasteiger partial charge in [0, 0.05) is 13.2 Å². The number of rotatable bonds is 9. The zero-order chi connectivity index (χ0) is 15.9. The number of amides is 1. The number of ether oxygens (including phenoxy) is 2. The predicted molar refractivity (Wildman–Crippen MR) is 79.8 cm³/mol. The quantitative estimate of drug-likeness (QED) is 0.717. The molecular weight excluding hydrogens is 286 g/mol. The van der Waals surface area contributed by atoms with Crippen LogP contribution in [0.4, 0.5) is 0 Å². The van der Waals surface area contributed by atoms with Crippen LogP contribution in [-0.4, -0.2) is 42.8 Å². The van der Waals surface area contributed by atoms with Crippen LogP contribution in [0.5, 0.6) is 5.75 Å². The first-order chi connectivity index (χ1) is 10.6. The molecule has 2 rings (SSSR count). The summed E-state index contributed by atoms with van der Waals surface area (Å²) in [7, 11) is 0. The third-order valence-corrected chi connectivity index (χ3v) is 3.45. The molecule has 6 nitrogen and oxygen atoms in total. The molecule has 1 aromatic rings. The van der Waals surface area contributed by atoms with Gasteiger partial charge in [-0.1, -0.05) is 12.1 Å². The van der Waals surface area contributed by atoms with Crippen LogP contribution in [0.3, 0.4) is 0 Å². The summed E-state index contributed by atoms with van der Waals surface area (Å²) < 4.78 is 10.4. The lowest BCUT2D eigenvalue weighted by molar-refractivity contribution is -0.139. The first-order valence-electron chi connectivity index (χ1n) is 7.43. The second kappa shape index (κ2) is 7.79. The van der Waals surface area contributed by atoms with Crippen molar-refractivity contribution in [3.63, 3.8) is 0 Å².